The maximum absolute atomic E-state index is 12.3. The third-order valence-corrected chi connectivity index (χ3v) is 4.15. The quantitative estimate of drug-likeness (QED) is 0.920. The van der Waals surface area contributed by atoms with Crippen LogP contribution in [0.25, 0.3) is 0 Å². The molecule has 1 aromatic carbocycles. The number of rotatable bonds is 4. The van der Waals surface area contributed by atoms with Crippen molar-refractivity contribution in [2.75, 3.05) is 24.5 Å². The summed E-state index contributed by atoms with van der Waals surface area (Å²) in [5.41, 5.74) is 0.795. The normalized spacial score (nSPS) is 18.6. The summed E-state index contributed by atoms with van der Waals surface area (Å²) >= 11 is 0. The number of hydrogen-bond donors (Lipinski definition) is 1. The molecule has 0 bridgehead atoms. The molecule has 1 aliphatic rings. The molecule has 0 aliphatic carbocycles. The zero-order valence-corrected chi connectivity index (χ0v) is 12.3. The first kappa shape index (κ1) is 15.9. The molecule has 0 radical (unpaired) electrons. The van der Waals surface area contributed by atoms with Gasteiger partial charge in [-0.3, -0.25) is 0 Å². The first-order chi connectivity index (χ1) is 9.87. The molecule has 0 spiro atoms. The summed E-state index contributed by atoms with van der Waals surface area (Å²) in [5, 5.41) is 3.53. The van der Waals surface area contributed by atoms with Gasteiger partial charge in [0.15, 0.2) is 0 Å². The van der Waals surface area contributed by atoms with Crippen LogP contribution in [0.5, 0.6) is 5.75 Å². The first-order valence-electron chi connectivity index (χ1n) is 7.23. The molecule has 1 fully saturated rings. The molecule has 0 atom stereocenters. The van der Waals surface area contributed by atoms with Crippen molar-refractivity contribution < 1.29 is 17.9 Å². The van der Waals surface area contributed by atoms with Gasteiger partial charge in [-0.25, -0.2) is 0 Å². The first-order valence-corrected chi connectivity index (χ1v) is 7.23. The highest BCUT2D eigenvalue weighted by Gasteiger charge is 2.33. The lowest BCUT2D eigenvalue weighted by atomic mass is 9.90. The van der Waals surface area contributed by atoms with Crippen molar-refractivity contribution in [3.05, 3.63) is 24.3 Å². The Morgan fingerprint density at radius 2 is 2.00 bits per heavy atom. The fourth-order valence-electron chi connectivity index (χ4n) is 2.78. The number of halogens is 3. The van der Waals surface area contributed by atoms with E-state index < -0.39 is 6.36 Å². The average Bonchev–Trinajstić information content (AvgIpc) is 2.46. The summed E-state index contributed by atoms with van der Waals surface area (Å²) < 4.78 is 40.9. The van der Waals surface area contributed by atoms with E-state index in [4.69, 9.17) is 0 Å². The molecule has 1 heterocycles. The van der Waals surface area contributed by atoms with Crippen molar-refractivity contribution in [1.82, 2.24) is 5.32 Å². The van der Waals surface area contributed by atoms with Crippen LogP contribution in [-0.2, 0) is 0 Å². The Balaban J connectivity index is 2.16. The molecule has 2 rings (SSSR count). The summed E-state index contributed by atoms with van der Waals surface area (Å²) in [6, 6.07) is 6.20. The molecular weight excluding hydrogens is 281 g/mol. The second-order valence-electron chi connectivity index (χ2n) is 5.38. The van der Waals surface area contributed by atoms with E-state index in [0.717, 1.165) is 38.2 Å². The van der Waals surface area contributed by atoms with Crippen LogP contribution in [0.1, 0.15) is 26.7 Å². The van der Waals surface area contributed by atoms with Crippen LogP contribution in [0.3, 0.4) is 0 Å². The fraction of sp³-hybridized carbons (Fsp3) is 0.600. The number of hydrogen-bond acceptors (Lipinski definition) is 3. The second kappa shape index (κ2) is 6.13. The van der Waals surface area contributed by atoms with Crippen LogP contribution in [0, 0.1) is 0 Å². The Hall–Kier alpha value is -1.43. The average molecular weight is 302 g/mol. The lowest BCUT2D eigenvalue weighted by molar-refractivity contribution is -0.274. The van der Waals surface area contributed by atoms with Crippen LogP contribution in [0.2, 0.25) is 0 Å². The van der Waals surface area contributed by atoms with Crippen LogP contribution < -0.4 is 15.0 Å². The molecule has 6 heteroatoms. The third kappa shape index (κ3) is 4.03. The molecule has 1 aromatic rings. The van der Waals surface area contributed by atoms with Crippen LogP contribution in [-0.4, -0.2) is 31.5 Å². The van der Waals surface area contributed by atoms with E-state index >= 15 is 0 Å². The minimum Gasteiger partial charge on any atom is -0.406 e. The Bertz CT molecular complexity index is 472. The molecule has 0 unspecified atom stereocenters. The molecule has 0 aromatic heterocycles. The zero-order valence-electron chi connectivity index (χ0n) is 12.3. The minimum absolute atomic E-state index is 0.0269. The summed E-state index contributed by atoms with van der Waals surface area (Å²) in [4.78, 5) is 2.12. The summed E-state index contributed by atoms with van der Waals surface area (Å²) in [6.07, 6.45) is -2.68. The molecule has 1 aliphatic heterocycles. The van der Waals surface area contributed by atoms with Gasteiger partial charge in [-0.15, -0.1) is 13.2 Å². The van der Waals surface area contributed by atoms with E-state index in [1.165, 1.54) is 12.1 Å². The summed E-state index contributed by atoms with van der Waals surface area (Å²) in [6.45, 7) is 6.64. The van der Waals surface area contributed by atoms with E-state index in [2.05, 4.69) is 28.8 Å². The minimum atomic E-state index is -4.65. The molecule has 0 saturated carbocycles. The van der Waals surface area contributed by atoms with E-state index in [1.54, 1.807) is 6.07 Å². The molecule has 0 amide bonds. The van der Waals surface area contributed by atoms with Gasteiger partial charge in [0.2, 0.25) is 0 Å². The summed E-state index contributed by atoms with van der Waals surface area (Å²) in [5.74, 6) is -0.169. The highest BCUT2D eigenvalue weighted by Crippen LogP contribution is 2.29. The standard InChI is InChI=1S/C15H21F3N2O/c1-3-14(4-2)11-20(9-8-19-14)12-6-5-7-13(10-12)21-15(16,17)18/h5-7,10,19H,3-4,8-9,11H2,1-2H3. The maximum atomic E-state index is 12.3. The van der Waals surface area contributed by atoms with Crippen molar-refractivity contribution in [3.63, 3.8) is 0 Å². The smallest absolute Gasteiger partial charge is 0.406 e. The Morgan fingerprint density at radius 1 is 1.29 bits per heavy atom. The van der Waals surface area contributed by atoms with Gasteiger partial charge in [0, 0.05) is 36.9 Å². The van der Waals surface area contributed by atoms with Gasteiger partial charge in [-0.1, -0.05) is 19.9 Å². The molecule has 21 heavy (non-hydrogen) atoms. The number of ether oxygens (including phenoxy) is 1. The van der Waals surface area contributed by atoms with Gasteiger partial charge >= 0.3 is 6.36 Å². The Labute approximate surface area is 123 Å². The number of nitrogens with one attached hydrogen (secondary N) is 1. The van der Waals surface area contributed by atoms with Crippen LogP contribution in [0.15, 0.2) is 24.3 Å². The number of benzene rings is 1. The third-order valence-electron chi connectivity index (χ3n) is 4.15. The zero-order chi connectivity index (χ0) is 15.5. The summed E-state index contributed by atoms with van der Waals surface area (Å²) in [7, 11) is 0. The molecule has 3 nitrogen and oxygen atoms in total. The van der Waals surface area contributed by atoms with Gasteiger partial charge in [0.1, 0.15) is 5.75 Å². The molecule has 1 saturated heterocycles. The SMILES string of the molecule is CCC1(CC)CN(c2cccc(OC(F)(F)F)c2)CCN1. The van der Waals surface area contributed by atoms with Crippen molar-refractivity contribution in [2.45, 2.75) is 38.6 Å². The maximum Gasteiger partial charge on any atom is 0.573 e. The predicted octanol–water partition coefficient (Wildman–Crippen LogP) is 3.55. The molecular formula is C15H21F3N2O. The lowest BCUT2D eigenvalue weighted by Crippen LogP contribution is -2.60. The van der Waals surface area contributed by atoms with Gasteiger partial charge in [0.05, 0.1) is 0 Å². The largest absolute Gasteiger partial charge is 0.573 e. The number of nitrogens with zero attached hydrogens (tertiary/aromatic N) is 1. The van der Waals surface area contributed by atoms with E-state index in [9.17, 15) is 13.2 Å². The highest BCUT2D eigenvalue weighted by atomic mass is 19.4. The lowest BCUT2D eigenvalue weighted by Gasteiger charge is -2.44. The number of anilines is 1. The topological polar surface area (TPSA) is 24.5 Å². The van der Waals surface area contributed by atoms with Gasteiger partial charge < -0.3 is 15.0 Å². The molecule has 1 N–H and O–H groups in total. The van der Waals surface area contributed by atoms with Gasteiger partial charge in [-0.05, 0) is 25.0 Å². The van der Waals surface area contributed by atoms with Crippen molar-refractivity contribution in [1.29, 1.82) is 0 Å². The number of piperazine rings is 1. The predicted molar refractivity (Wildman–Crippen MR) is 76.7 cm³/mol. The Kier molecular flexibility index (Phi) is 4.66. The van der Waals surface area contributed by atoms with Crippen LogP contribution >= 0.6 is 0 Å². The van der Waals surface area contributed by atoms with E-state index in [0.29, 0.717) is 0 Å². The van der Waals surface area contributed by atoms with E-state index in [1.807, 2.05) is 6.07 Å². The van der Waals surface area contributed by atoms with Crippen LogP contribution in [0.4, 0.5) is 18.9 Å². The van der Waals surface area contributed by atoms with E-state index in [-0.39, 0.29) is 11.3 Å². The van der Waals surface area contributed by atoms with Gasteiger partial charge in [-0.2, -0.15) is 0 Å². The number of alkyl halides is 3. The van der Waals surface area contributed by atoms with Crippen molar-refractivity contribution >= 4 is 5.69 Å². The Morgan fingerprint density at radius 3 is 2.62 bits per heavy atom. The highest BCUT2D eigenvalue weighted by molar-refractivity contribution is 5.51. The van der Waals surface area contributed by atoms with Crippen molar-refractivity contribution in [3.8, 4) is 5.75 Å². The second-order valence-corrected chi connectivity index (χ2v) is 5.38. The van der Waals surface area contributed by atoms with Gasteiger partial charge in [0.25, 0.3) is 0 Å². The monoisotopic (exact) mass is 302 g/mol. The van der Waals surface area contributed by atoms with Crippen molar-refractivity contribution in [2.24, 2.45) is 0 Å². The molecule has 118 valence electrons. The fourth-order valence-corrected chi connectivity index (χ4v) is 2.78.